The zero-order valence-electron chi connectivity index (χ0n) is 36.7. The highest BCUT2D eigenvalue weighted by Gasteiger charge is 2.45. The smallest absolute Gasteiger partial charge is 0.0206 e. The first-order valence-corrected chi connectivity index (χ1v) is 23.4. The topological polar surface area (TPSA) is 0 Å². The molecule has 0 radical (unpaired) electrons. The summed E-state index contributed by atoms with van der Waals surface area (Å²) in [7, 11) is 0. The van der Waals surface area contributed by atoms with Crippen LogP contribution in [0.25, 0.3) is 66.1 Å². The minimum Gasteiger partial charge on any atom is -0.0839 e. The number of fused-ring (bicyclic) bond motifs is 8. The number of allylic oxidation sites excluding steroid dienone is 18. The molecule has 0 amide bonds. The lowest BCUT2D eigenvalue weighted by Gasteiger charge is -2.36. The first-order chi connectivity index (χ1) is 29.8. The summed E-state index contributed by atoms with van der Waals surface area (Å²) >= 11 is 0. The van der Waals surface area contributed by atoms with Gasteiger partial charge in [-0.2, -0.15) is 0 Å². The van der Waals surface area contributed by atoms with Gasteiger partial charge in [0.25, 0.3) is 0 Å². The molecule has 3 atom stereocenters. The maximum atomic E-state index is 2.66. The fraction of sp³-hybridized carbons (Fsp3) is 0.279. The molecule has 5 aromatic carbocycles. The van der Waals surface area contributed by atoms with Crippen molar-refractivity contribution in [1.82, 2.24) is 0 Å². The van der Waals surface area contributed by atoms with Gasteiger partial charge in [0.05, 0.1) is 0 Å². The summed E-state index contributed by atoms with van der Waals surface area (Å²) in [6.07, 6.45) is 25.7. The van der Waals surface area contributed by atoms with E-state index >= 15 is 0 Å². The highest BCUT2D eigenvalue weighted by molar-refractivity contribution is 6.30. The Morgan fingerprint density at radius 1 is 0.623 bits per heavy atom. The van der Waals surface area contributed by atoms with E-state index in [-0.39, 0.29) is 0 Å². The SMILES string of the molecule is CC(C)C1=CC(C(C)C)=C(C2=CC3=C(CC2)c2cc4c(-c5ccccc5)c5c(c(-c6ccccc6)c4c4cccc3c24)C2=CC3=C(C=CCC3)C3C=CC=C5C23)C(C(C)C)C1. The number of rotatable bonds is 6. The van der Waals surface area contributed by atoms with Crippen molar-refractivity contribution in [3.8, 4) is 22.3 Å². The highest BCUT2D eigenvalue weighted by atomic mass is 14.5. The van der Waals surface area contributed by atoms with Gasteiger partial charge in [0.15, 0.2) is 0 Å². The third-order valence-electron chi connectivity index (χ3n) is 15.6. The zero-order valence-corrected chi connectivity index (χ0v) is 36.7. The van der Waals surface area contributed by atoms with Crippen molar-refractivity contribution in [3.05, 3.63) is 189 Å². The highest BCUT2D eigenvalue weighted by Crippen LogP contribution is 2.63. The summed E-state index contributed by atoms with van der Waals surface area (Å²) in [5.41, 5.74) is 26.7. The summed E-state index contributed by atoms with van der Waals surface area (Å²) in [5.74, 6) is 2.90. The Morgan fingerprint density at radius 3 is 2.11 bits per heavy atom. The summed E-state index contributed by atoms with van der Waals surface area (Å²) in [6, 6.07) is 32.7. The fourth-order valence-corrected chi connectivity index (χ4v) is 12.8. The number of hydrogen-bond acceptors (Lipinski definition) is 0. The number of hydrogen-bond donors (Lipinski definition) is 0. The molecule has 5 aromatic rings. The molecule has 0 saturated carbocycles. The van der Waals surface area contributed by atoms with Crippen LogP contribution in [0.5, 0.6) is 0 Å². The van der Waals surface area contributed by atoms with Gasteiger partial charge in [0.2, 0.25) is 0 Å². The standard InChI is InChI=1S/C61H56/c1-34(2)41-31-48(35(3)4)54(49(32-41)36(5)6)40-27-28-43-50(30-40)45-24-16-25-46-57(45)51(43)33-53-55(37-17-9-7-10-18-37)60-47-26-15-23-44-42-22-14-13-21-39(42)29-52(58(44)47)61(60)56(59(46)53)38-19-11-8-12-20-38/h7-12,14-20,22-26,29-31,33-36,44,49,58H,13,21,27-28,32H2,1-6H3. The van der Waals surface area contributed by atoms with Crippen LogP contribution in [0.1, 0.15) is 95.9 Å². The van der Waals surface area contributed by atoms with Crippen LogP contribution in [0.4, 0.5) is 0 Å². The van der Waals surface area contributed by atoms with E-state index in [1.165, 1.54) is 100 Å². The molecule has 300 valence electrons. The second-order valence-electron chi connectivity index (χ2n) is 19.9. The monoisotopic (exact) mass is 788 g/mol. The summed E-state index contributed by atoms with van der Waals surface area (Å²) in [4.78, 5) is 0. The van der Waals surface area contributed by atoms with Crippen molar-refractivity contribution < 1.29 is 0 Å². The number of benzene rings is 5. The zero-order chi connectivity index (χ0) is 41.3. The molecule has 0 bridgehead atoms. The summed E-state index contributed by atoms with van der Waals surface area (Å²) in [5, 5.41) is 5.64. The predicted octanol–water partition coefficient (Wildman–Crippen LogP) is 16.7. The Kier molecular flexibility index (Phi) is 8.45. The van der Waals surface area contributed by atoms with Gasteiger partial charge in [0, 0.05) is 11.8 Å². The molecule has 0 spiro atoms. The van der Waals surface area contributed by atoms with Gasteiger partial charge in [-0.05, 0) is 178 Å². The van der Waals surface area contributed by atoms with Crippen LogP contribution >= 0.6 is 0 Å². The molecule has 0 fully saturated rings. The van der Waals surface area contributed by atoms with Gasteiger partial charge in [0.1, 0.15) is 0 Å². The van der Waals surface area contributed by atoms with Gasteiger partial charge in [-0.25, -0.2) is 0 Å². The van der Waals surface area contributed by atoms with Gasteiger partial charge < -0.3 is 0 Å². The molecule has 0 heterocycles. The molecule has 0 aromatic heterocycles. The van der Waals surface area contributed by atoms with Gasteiger partial charge in [-0.15, -0.1) is 0 Å². The van der Waals surface area contributed by atoms with E-state index in [1.54, 1.807) is 27.9 Å². The minimum atomic E-state index is 0.319. The predicted molar refractivity (Wildman–Crippen MR) is 262 cm³/mol. The van der Waals surface area contributed by atoms with Crippen LogP contribution < -0.4 is 0 Å². The molecule has 12 rings (SSSR count). The summed E-state index contributed by atoms with van der Waals surface area (Å²) in [6.45, 7) is 14.5. The van der Waals surface area contributed by atoms with Crippen molar-refractivity contribution in [2.24, 2.45) is 35.5 Å². The quantitative estimate of drug-likeness (QED) is 0.150. The van der Waals surface area contributed by atoms with Crippen molar-refractivity contribution in [2.45, 2.75) is 73.6 Å². The molecule has 61 heavy (non-hydrogen) atoms. The first kappa shape index (κ1) is 37.1. The van der Waals surface area contributed by atoms with Crippen LogP contribution in [-0.4, -0.2) is 0 Å². The lowest BCUT2D eigenvalue weighted by molar-refractivity contribution is 0.415. The van der Waals surface area contributed by atoms with Crippen molar-refractivity contribution in [1.29, 1.82) is 0 Å². The molecule has 0 nitrogen and oxygen atoms in total. The van der Waals surface area contributed by atoms with Crippen LogP contribution in [0.15, 0.2) is 167 Å². The molecule has 0 heteroatoms. The van der Waals surface area contributed by atoms with Crippen LogP contribution in [0.2, 0.25) is 0 Å². The lowest BCUT2D eigenvalue weighted by atomic mass is 9.68. The van der Waals surface area contributed by atoms with Crippen molar-refractivity contribution in [3.63, 3.8) is 0 Å². The normalized spacial score (nSPS) is 22.3. The Balaban J connectivity index is 1.18. The van der Waals surface area contributed by atoms with E-state index in [0.717, 1.165) is 25.7 Å². The Hall–Kier alpha value is -5.72. The average Bonchev–Trinajstić information content (AvgIpc) is 3.78. The van der Waals surface area contributed by atoms with Crippen molar-refractivity contribution in [2.75, 3.05) is 0 Å². The molecule has 0 saturated heterocycles. The molecule has 0 aliphatic heterocycles. The van der Waals surface area contributed by atoms with E-state index in [0.29, 0.717) is 35.5 Å². The third kappa shape index (κ3) is 5.37. The molecular formula is C61H56. The Labute approximate surface area is 362 Å². The minimum absolute atomic E-state index is 0.319. The van der Waals surface area contributed by atoms with Crippen molar-refractivity contribution >= 4 is 43.8 Å². The van der Waals surface area contributed by atoms with Crippen LogP contribution in [-0.2, 0) is 0 Å². The lowest BCUT2D eigenvalue weighted by Crippen LogP contribution is -2.23. The van der Waals surface area contributed by atoms with Crippen LogP contribution in [0.3, 0.4) is 0 Å². The van der Waals surface area contributed by atoms with Gasteiger partial charge in [-0.1, -0.05) is 175 Å². The van der Waals surface area contributed by atoms with E-state index < -0.39 is 0 Å². The Bertz CT molecular complexity index is 3040. The van der Waals surface area contributed by atoms with Crippen LogP contribution in [0, 0.1) is 35.5 Å². The van der Waals surface area contributed by atoms with Gasteiger partial charge in [-0.3, -0.25) is 0 Å². The van der Waals surface area contributed by atoms with E-state index in [2.05, 4.69) is 175 Å². The Morgan fingerprint density at radius 2 is 1.38 bits per heavy atom. The molecule has 7 aliphatic rings. The average molecular weight is 789 g/mol. The molecule has 7 aliphatic carbocycles. The molecule has 0 N–H and O–H groups in total. The first-order valence-electron chi connectivity index (χ1n) is 23.4. The van der Waals surface area contributed by atoms with E-state index in [1.807, 2.05) is 0 Å². The maximum Gasteiger partial charge on any atom is 0.0206 e. The largest absolute Gasteiger partial charge is 0.0839 e. The van der Waals surface area contributed by atoms with E-state index in [4.69, 9.17) is 0 Å². The van der Waals surface area contributed by atoms with E-state index in [9.17, 15) is 0 Å². The van der Waals surface area contributed by atoms with Gasteiger partial charge >= 0.3 is 0 Å². The fourth-order valence-electron chi connectivity index (χ4n) is 12.8. The third-order valence-corrected chi connectivity index (χ3v) is 15.6. The second kappa shape index (κ2) is 13.9. The molecule has 3 unspecified atom stereocenters. The summed E-state index contributed by atoms with van der Waals surface area (Å²) < 4.78 is 0. The second-order valence-corrected chi connectivity index (χ2v) is 19.9. The molecular weight excluding hydrogens is 733 g/mol. The maximum absolute atomic E-state index is 2.66.